The average Bonchev–Trinajstić information content (AvgIpc) is 2.68. The highest BCUT2D eigenvalue weighted by atomic mass is 19.1. The standard InChI is InChI=1S/C13H13FN2O2/c1-8-13(9-3-2-4-10(14)7-9)11(16-15-8)5-6-12(17)18/h2-4,7H,5-6H2,1H3,(H,15,16)(H,17,18). The van der Waals surface area contributed by atoms with Gasteiger partial charge in [-0.1, -0.05) is 12.1 Å². The molecule has 4 nitrogen and oxygen atoms in total. The molecule has 0 radical (unpaired) electrons. The third-order valence-electron chi connectivity index (χ3n) is 2.71. The Morgan fingerprint density at radius 1 is 1.50 bits per heavy atom. The van der Waals surface area contributed by atoms with E-state index in [1.54, 1.807) is 12.1 Å². The summed E-state index contributed by atoms with van der Waals surface area (Å²) in [7, 11) is 0. The number of hydrogen-bond donors (Lipinski definition) is 2. The molecule has 0 amide bonds. The van der Waals surface area contributed by atoms with Crippen molar-refractivity contribution in [3.63, 3.8) is 0 Å². The van der Waals surface area contributed by atoms with Crippen molar-refractivity contribution in [1.29, 1.82) is 0 Å². The van der Waals surface area contributed by atoms with Gasteiger partial charge < -0.3 is 5.11 Å². The number of carbonyl (C=O) groups is 1. The van der Waals surface area contributed by atoms with Gasteiger partial charge in [-0.2, -0.15) is 5.10 Å². The molecule has 0 bridgehead atoms. The van der Waals surface area contributed by atoms with E-state index in [0.717, 1.165) is 11.3 Å². The van der Waals surface area contributed by atoms with E-state index in [1.165, 1.54) is 12.1 Å². The molecular weight excluding hydrogens is 235 g/mol. The van der Waals surface area contributed by atoms with Gasteiger partial charge in [0.1, 0.15) is 5.82 Å². The average molecular weight is 248 g/mol. The van der Waals surface area contributed by atoms with Crippen LogP contribution >= 0.6 is 0 Å². The van der Waals surface area contributed by atoms with Gasteiger partial charge in [0, 0.05) is 17.7 Å². The quantitative estimate of drug-likeness (QED) is 0.873. The van der Waals surface area contributed by atoms with Gasteiger partial charge in [0.25, 0.3) is 0 Å². The van der Waals surface area contributed by atoms with Crippen LogP contribution in [0.15, 0.2) is 24.3 Å². The van der Waals surface area contributed by atoms with Crippen molar-refractivity contribution in [3.8, 4) is 11.1 Å². The van der Waals surface area contributed by atoms with Gasteiger partial charge in [-0.25, -0.2) is 4.39 Å². The summed E-state index contributed by atoms with van der Waals surface area (Å²) in [6.45, 7) is 1.83. The van der Waals surface area contributed by atoms with E-state index < -0.39 is 5.97 Å². The van der Waals surface area contributed by atoms with Gasteiger partial charge in [0.05, 0.1) is 12.1 Å². The monoisotopic (exact) mass is 248 g/mol. The summed E-state index contributed by atoms with van der Waals surface area (Å²) in [5.74, 6) is -1.20. The van der Waals surface area contributed by atoms with Crippen molar-refractivity contribution in [1.82, 2.24) is 10.2 Å². The van der Waals surface area contributed by atoms with E-state index in [-0.39, 0.29) is 12.2 Å². The summed E-state index contributed by atoms with van der Waals surface area (Å²) in [6.07, 6.45) is 0.331. The first-order chi connectivity index (χ1) is 8.58. The molecule has 2 rings (SSSR count). The van der Waals surface area contributed by atoms with Crippen molar-refractivity contribution in [2.75, 3.05) is 0 Å². The van der Waals surface area contributed by atoms with E-state index in [0.29, 0.717) is 17.7 Å². The molecule has 1 aromatic carbocycles. The highest BCUT2D eigenvalue weighted by Gasteiger charge is 2.13. The topological polar surface area (TPSA) is 66.0 Å². The number of halogens is 1. The third-order valence-corrected chi connectivity index (χ3v) is 2.71. The van der Waals surface area contributed by atoms with E-state index in [9.17, 15) is 9.18 Å². The molecule has 0 atom stereocenters. The van der Waals surface area contributed by atoms with Crippen LogP contribution in [0, 0.1) is 12.7 Å². The number of H-pyrrole nitrogens is 1. The van der Waals surface area contributed by atoms with Crippen LogP contribution in [-0.4, -0.2) is 21.3 Å². The summed E-state index contributed by atoms with van der Waals surface area (Å²) < 4.78 is 13.2. The molecule has 0 aliphatic heterocycles. The number of carboxylic acids is 1. The maximum atomic E-state index is 13.2. The van der Waals surface area contributed by atoms with Crippen molar-refractivity contribution < 1.29 is 14.3 Å². The minimum atomic E-state index is -0.874. The predicted molar refractivity (Wildman–Crippen MR) is 64.7 cm³/mol. The molecule has 0 aliphatic carbocycles. The number of aryl methyl sites for hydroxylation is 2. The second kappa shape index (κ2) is 5.00. The fourth-order valence-electron chi connectivity index (χ4n) is 1.91. The molecule has 1 aromatic heterocycles. The van der Waals surface area contributed by atoms with Crippen molar-refractivity contribution in [2.24, 2.45) is 0 Å². The van der Waals surface area contributed by atoms with Gasteiger partial charge in [0.2, 0.25) is 0 Å². The second-order valence-corrected chi connectivity index (χ2v) is 4.07. The molecule has 5 heteroatoms. The number of benzene rings is 1. The van der Waals surface area contributed by atoms with Crippen LogP contribution in [0.3, 0.4) is 0 Å². The lowest BCUT2D eigenvalue weighted by Gasteiger charge is -2.03. The smallest absolute Gasteiger partial charge is 0.303 e. The first kappa shape index (κ1) is 12.3. The Bertz CT molecular complexity index is 578. The maximum Gasteiger partial charge on any atom is 0.303 e. The number of hydrogen-bond acceptors (Lipinski definition) is 2. The Morgan fingerprint density at radius 2 is 2.28 bits per heavy atom. The van der Waals surface area contributed by atoms with Crippen LogP contribution in [-0.2, 0) is 11.2 Å². The second-order valence-electron chi connectivity index (χ2n) is 4.07. The number of nitrogens with zero attached hydrogens (tertiary/aromatic N) is 1. The molecule has 1 heterocycles. The van der Waals surface area contributed by atoms with Crippen LogP contribution in [0.2, 0.25) is 0 Å². The lowest BCUT2D eigenvalue weighted by Crippen LogP contribution is -1.99. The molecule has 94 valence electrons. The van der Waals surface area contributed by atoms with Crippen molar-refractivity contribution in [2.45, 2.75) is 19.8 Å². The number of nitrogens with one attached hydrogen (secondary N) is 1. The molecule has 0 fully saturated rings. The minimum Gasteiger partial charge on any atom is -0.481 e. The van der Waals surface area contributed by atoms with Crippen LogP contribution in [0.1, 0.15) is 17.8 Å². The molecule has 0 unspecified atom stereocenters. The van der Waals surface area contributed by atoms with E-state index in [2.05, 4.69) is 10.2 Å². The van der Waals surface area contributed by atoms with Gasteiger partial charge >= 0.3 is 5.97 Å². The summed E-state index contributed by atoms with van der Waals surface area (Å²) in [4.78, 5) is 10.6. The van der Waals surface area contributed by atoms with Gasteiger partial charge in [0.15, 0.2) is 0 Å². The highest BCUT2D eigenvalue weighted by molar-refractivity contribution is 5.71. The highest BCUT2D eigenvalue weighted by Crippen LogP contribution is 2.27. The lowest BCUT2D eigenvalue weighted by molar-refractivity contribution is -0.136. The Morgan fingerprint density at radius 3 is 2.94 bits per heavy atom. The minimum absolute atomic E-state index is 0.00656. The third kappa shape index (κ3) is 2.56. The van der Waals surface area contributed by atoms with E-state index in [1.807, 2.05) is 6.92 Å². The number of aromatic nitrogens is 2. The largest absolute Gasteiger partial charge is 0.481 e. The normalized spacial score (nSPS) is 10.6. The Kier molecular flexibility index (Phi) is 3.41. The lowest BCUT2D eigenvalue weighted by atomic mass is 10.0. The zero-order valence-electron chi connectivity index (χ0n) is 9.90. The molecule has 2 aromatic rings. The number of carboxylic acid groups (broad SMARTS) is 1. The first-order valence-electron chi connectivity index (χ1n) is 5.59. The molecule has 0 saturated heterocycles. The zero-order chi connectivity index (χ0) is 13.1. The van der Waals surface area contributed by atoms with Gasteiger partial charge in [-0.05, 0) is 24.6 Å². The Balaban J connectivity index is 2.37. The SMILES string of the molecule is Cc1[nH]nc(CCC(=O)O)c1-c1cccc(F)c1. The van der Waals surface area contributed by atoms with Crippen molar-refractivity contribution >= 4 is 5.97 Å². The van der Waals surface area contributed by atoms with Gasteiger partial charge in [-0.3, -0.25) is 9.89 Å². The Labute approximate surface area is 103 Å². The molecule has 0 spiro atoms. The number of aliphatic carboxylic acids is 1. The summed E-state index contributed by atoms with van der Waals surface area (Å²) in [6, 6.07) is 6.20. The summed E-state index contributed by atoms with van der Waals surface area (Å²) >= 11 is 0. The first-order valence-corrected chi connectivity index (χ1v) is 5.59. The molecule has 2 N–H and O–H groups in total. The number of aromatic amines is 1. The molecule has 18 heavy (non-hydrogen) atoms. The molecular formula is C13H13FN2O2. The van der Waals surface area contributed by atoms with Crippen molar-refractivity contribution in [3.05, 3.63) is 41.5 Å². The maximum absolute atomic E-state index is 13.2. The number of rotatable bonds is 4. The molecule has 0 saturated carbocycles. The van der Waals surface area contributed by atoms with E-state index >= 15 is 0 Å². The van der Waals surface area contributed by atoms with Crippen LogP contribution in [0.25, 0.3) is 11.1 Å². The van der Waals surface area contributed by atoms with Crippen LogP contribution < -0.4 is 0 Å². The van der Waals surface area contributed by atoms with Crippen LogP contribution in [0.4, 0.5) is 4.39 Å². The van der Waals surface area contributed by atoms with E-state index in [4.69, 9.17) is 5.11 Å². The van der Waals surface area contributed by atoms with Crippen LogP contribution in [0.5, 0.6) is 0 Å². The zero-order valence-corrected chi connectivity index (χ0v) is 9.90. The van der Waals surface area contributed by atoms with Gasteiger partial charge in [-0.15, -0.1) is 0 Å². The molecule has 0 aliphatic rings. The summed E-state index contributed by atoms with van der Waals surface area (Å²) in [5, 5.41) is 15.6. The Hall–Kier alpha value is -2.17. The fourth-order valence-corrected chi connectivity index (χ4v) is 1.91. The summed E-state index contributed by atoms with van der Waals surface area (Å²) in [5.41, 5.74) is 2.96. The fraction of sp³-hybridized carbons (Fsp3) is 0.231. The predicted octanol–water partition coefficient (Wildman–Crippen LogP) is 2.54.